The van der Waals surface area contributed by atoms with Gasteiger partial charge in [0.15, 0.2) is 0 Å². The molecule has 2 aliphatic rings. The van der Waals surface area contributed by atoms with Crippen LogP contribution in [0.5, 0.6) is 0 Å². The Morgan fingerprint density at radius 3 is 2.47 bits per heavy atom. The lowest BCUT2D eigenvalue weighted by molar-refractivity contribution is 0.0667. The zero-order valence-corrected chi connectivity index (χ0v) is 12.3. The van der Waals surface area contributed by atoms with Crippen molar-refractivity contribution in [1.29, 1.82) is 0 Å². The lowest BCUT2D eigenvalue weighted by Gasteiger charge is -2.26. The normalized spacial score (nSPS) is 32.5. The first-order valence-electron chi connectivity index (χ1n) is 6.35. The first-order valence-corrected chi connectivity index (χ1v) is 9.71. The molecule has 2 fully saturated rings. The van der Waals surface area contributed by atoms with Crippen molar-refractivity contribution in [2.24, 2.45) is 0 Å². The molecule has 0 aromatic rings. The minimum atomic E-state index is -3.56. The van der Waals surface area contributed by atoms with E-state index in [4.69, 9.17) is 0 Å². The van der Waals surface area contributed by atoms with Crippen LogP contribution in [-0.2, 0) is 19.9 Å². The maximum absolute atomic E-state index is 12.1. The van der Waals surface area contributed by atoms with E-state index in [1.54, 1.807) is 0 Å². The first kappa shape index (κ1) is 15.2. The lowest BCUT2D eigenvalue weighted by Crippen LogP contribution is -2.48. The third-order valence-corrected chi connectivity index (χ3v) is 7.38. The van der Waals surface area contributed by atoms with Crippen molar-refractivity contribution < 1.29 is 21.9 Å². The fourth-order valence-electron chi connectivity index (χ4n) is 2.41. The summed E-state index contributed by atoms with van der Waals surface area (Å²) in [7, 11) is -6.63. The van der Waals surface area contributed by atoms with Crippen molar-refractivity contribution in [3.63, 3.8) is 0 Å². The van der Waals surface area contributed by atoms with E-state index in [9.17, 15) is 21.9 Å². The summed E-state index contributed by atoms with van der Waals surface area (Å²) in [6, 6.07) is 0. The van der Waals surface area contributed by atoms with Gasteiger partial charge in [-0.05, 0) is 25.8 Å². The molecule has 0 amide bonds. The smallest absolute Gasteiger partial charge is 0.214 e. The average molecular weight is 312 g/mol. The summed E-state index contributed by atoms with van der Waals surface area (Å²) in [4.78, 5) is 0. The number of sulfone groups is 1. The molecule has 9 heteroatoms. The predicted molar refractivity (Wildman–Crippen MR) is 71.0 cm³/mol. The molecule has 112 valence electrons. The SMILES string of the molecule is O=S1(=O)CCC(S(=O)(=O)NCC2(O)CCNC2)CC1. The highest BCUT2D eigenvalue weighted by atomic mass is 32.2. The molecule has 0 bridgehead atoms. The molecule has 0 saturated carbocycles. The van der Waals surface area contributed by atoms with E-state index >= 15 is 0 Å². The summed E-state index contributed by atoms with van der Waals surface area (Å²) in [5, 5.41) is 12.4. The van der Waals surface area contributed by atoms with Gasteiger partial charge in [-0.15, -0.1) is 0 Å². The van der Waals surface area contributed by atoms with E-state index < -0.39 is 30.7 Å². The van der Waals surface area contributed by atoms with Crippen LogP contribution in [0.25, 0.3) is 0 Å². The molecule has 2 saturated heterocycles. The van der Waals surface area contributed by atoms with E-state index in [0.717, 1.165) is 0 Å². The highest BCUT2D eigenvalue weighted by Crippen LogP contribution is 2.20. The van der Waals surface area contributed by atoms with E-state index in [1.165, 1.54) is 0 Å². The number of hydrogen-bond donors (Lipinski definition) is 3. The summed E-state index contributed by atoms with van der Waals surface area (Å²) in [5.74, 6) is -0.158. The average Bonchev–Trinajstić information content (AvgIpc) is 2.74. The molecule has 0 spiro atoms. The molecule has 7 nitrogen and oxygen atoms in total. The van der Waals surface area contributed by atoms with E-state index in [0.29, 0.717) is 19.5 Å². The molecule has 2 heterocycles. The Morgan fingerprint density at radius 2 is 1.95 bits per heavy atom. The molecule has 2 rings (SSSR count). The van der Waals surface area contributed by atoms with Crippen LogP contribution >= 0.6 is 0 Å². The van der Waals surface area contributed by atoms with Crippen molar-refractivity contribution >= 4 is 19.9 Å². The van der Waals surface area contributed by atoms with Gasteiger partial charge in [0.1, 0.15) is 9.84 Å². The lowest BCUT2D eigenvalue weighted by atomic mass is 10.1. The second-order valence-corrected chi connectivity index (χ2v) is 9.72. The number of sulfonamides is 1. The number of hydrogen-bond acceptors (Lipinski definition) is 6. The second kappa shape index (κ2) is 5.28. The maximum atomic E-state index is 12.1. The predicted octanol–water partition coefficient (Wildman–Crippen LogP) is -1.79. The van der Waals surface area contributed by atoms with E-state index in [-0.39, 0.29) is 30.9 Å². The standard InChI is InChI=1S/C10H20N2O5S2/c13-10(3-4-11-7-10)8-12-19(16,17)9-1-5-18(14,15)6-2-9/h9,11-13H,1-8H2. The van der Waals surface area contributed by atoms with Crippen LogP contribution in [0.15, 0.2) is 0 Å². The molecule has 1 atom stereocenters. The van der Waals surface area contributed by atoms with Gasteiger partial charge < -0.3 is 10.4 Å². The van der Waals surface area contributed by atoms with Gasteiger partial charge >= 0.3 is 0 Å². The minimum Gasteiger partial charge on any atom is -0.387 e. The quantitative estimate of drug-likeness (QED) is 0.565. The Bertz CT molecular complexity index is 508. The van der Waals surface area contributed by atoms with Gasteiger partial charge in [-0.25, -0.2) is 21.6 Å². The molecule has 0 aromatic heterocycles. The number of aliphatic hydroxyl groups is 1. The fraction of sp³-hybridized carbons (Fsp3) is 1.00. The van der Waals surface area contributed by atoms with Gasteiger partial charge in [-0.2, -0.15) is 0 Å². The molecule has 0 aromatic carbocycles. The Morgan fingerprint density at radius 1 is 1.32 bits per heavy atom. The van der Waals surface area contributed by atoms with E-state index in [2.05, 4.69) is 10.0 Å². The fourth-order valence-corrected chi connectivity index (χ4v) is 5.76. The van der Waals surface area contributed by atoms with Crippen LogP contribution in [0, 0.1) is 0 Å². The highest BCUT2D eigenvalue weighted by molar-refractivity contribution is 7.92. The topological polar surface area (TPSA) is 113 Å². The van der Waals surface area contributed by atoms with Crippen LogP contribution in [-0.4, -0.2) is 63.9 Å². The van der Waals surface area contributed by atoms with Gasteiger partial charge in [0, 0.05) is 13.1 Å². The molecule has 1 unspecified atom stereocenters. The first-order chi connectivity index (χ1) is 8.73. The summed E-state index contributed by atoms with van der Waals surface area (Å²) in [5.41, 5.74) is -1.03. The van der Waals surface area contributed by atoms with Crippen LogP contribution < -0.4 is 10.0 Å². The number of nitrogens with one attached hydrogen (secondary N) is 2. The van der Waals surface area contributed by atoms with Crippen molar-refractivity contribution in [2.75, 3.05) is 31.1 Å². The van der Waals surface area contributed by atoms with Gasteiger partial charge in [-0.1, -0.05) is 0 Å². The Labute approximate surface area is 113 Å². The Kier molecular flexibility index (Phi) is 4.22. The molecule has 3 N–H and O–H groups in total. The largest absolute Gasteiger partial charge is 0.387 e. The van der Waals surface area contributed by atoms with Crippen LogP contribution in [0.1, 0.15) is 19.3 Å². The summed E-state index contributed by atoms with van der Waals surface area (Å²) < 4.78 is 49.1. The maximum Gasteiger partial charge on any atom is 0.214 e. The molecular formula is C10H20N2O5S2. The number of β-amino-alcohol motifs (C(OH)–C–C–N with tert-alkyl or cyclic N) is 1. The third kappa shape index (κ3) is 3.88. The van der Waals surface area contributed by atoms with Gasteiger partial charge in [-0.3, -0.25) is 0 Å². The number of rotatable bonds is 4. The summed E-state index contributed by atoms with van der Waals surface area (Å²) in [6.07, 6.45) is 0.775. The van der Waals surface area contributed by atoms with Crippen molar-refractivity contribution in [2.45, 2.75) is 30.1 Å². The molecule has 2 aliphatic heterocycles. The van der Waals surface area contributed by atoms with Gasteiger partial charge in [0.25, 0.3) is 0 Å². The van der Waals surface area contributed by atoms with Crippen LogP contribution in [0.3, 0.4) is 0 Å². The summed E-state index contributed by atoms with van der Waals surface area (Å²) in [6.45, 7) is 1.01. The summed E-state index contributed by atoms with van der Waals surface area (Å²) >= 11 is 0. The van der Waals surface area contributed by atoms with Crippen LogP contribution in [0.2, 0.25) is 0 Å². The monoisotopic (exact) mass is 312 g/mol. The van der Waals surface area contributed by atoms with Gasteiger partial charge in [0.2, 0.25) is 10.0 Å². The van der Waals surface area contributed by atoms with E-state index in [1.807, 2.05) is 0 Å². The minimum absolute atomic E-state index is 0.0222. The van der Waals surface area contributed by atoms with Crippen LogP contribution in [0.4, 0.5) is 0 Å². The van der Waals surface area contributed by atoms with Crippen molar-refractivity contribution in [1.82, 2.24) is 10.0 Å². The molecular weight excluding hydrogens is 292 g/mol. The molecule has 0 radical (unpaired) electrons. The van der Waals surface area contributed by atoms with Crippen molar-refractivity contribution in [3.05, 3.63) is 0 Å². The highest BCUT2D eigenvalue weighted by Gasteiger charge is 2.36. The van der Waals surface area contributed by atoms with Crippen molar-refractivity contribution in [3.8, 4) is 0 Å². The van der Waals surface area contributed by atoms with Gasteiger partial charge in [0.05, 0.1) is 22.4 Å². The third-order valence-electron chi connectivity index (χ3n) is 3.76. The Balaban J connectivity index is 1.92. The Hall–Kier alpha value is -0.220. The zero-order valence-electron chi connectivity index (χ0n) is 10.6. The molecule has 19 heavy (non-hydrogen) atoms. The second-order valence-electron chi connectivity index (χ2n) is 5.37. The zero-order chi connectivity index (χ0) is 14.1. The molecule has 0 aliphatic carbocycles.